The van der Waals surface area contributed by atoms with Crippen LogP contribution in [-0.2, 0) is 13.0 Å². The molecule has 0 saturated heterocycles. The Morgan fingerprint density at radius 3 is 2.54 bits per heavy atom. The van der Waals surface area contributed by atoms with E-state index in [2.05, 4.69) is 63.1 Å². The lowest BCUT2D eigenvalue weighted by Crippen LogP contribution is -2.32. The Balaban J connectivity index is 0.961. The number of hydrogen-bond acceptors (Lipinski definition) is 6. The van der Waals surface area contributed by atoms with Crippen molar-refractivity contribution >= 4 is 33.6 Å². The third kappa shape index (κ3) is 6.63. The zero-order valence-electron chi connectivity index (χ0n) is 24.1. The van der Waals surface area contributed by atoms with E-state index in [0.29, 0.717) is 18.6 Å². The van der Waals surface area contributed by atoms with Gasteiger partial charge in [0.1, 0.15) is 18.2 Å². The number of aromatic nitrogens is 3. The van der Waals surface area contributed by atoms with Gasteiger partial charge in [-0.2, -0.15) is 4.98 Å². The molecule has 3 N–H and O–H groups in total. The monoisotopic (exact) mass is 548 g/mol. The molecule has 1 fully saturated rings. The number of hydrogen-bond donors (Lipinski definition) is 3. The Labute approximate surface area is 242 Å². The number of benzene rings is 3. The quantitative estimate of drug-likeness (QED) is 0.162. The molecule has 2 aromatic heterocycles. The molecule has 1 saturated carbocycles. The lowest BCUT2D eigenvalue weighted by atomic mass is 9.86. The number of anilines is 2. The number of aromatic amines is 1. The summed E-state index contributed by atoms with van der Waals surface area (Å²) in [6.07, 6.45) is 7.86. The first kappa shape index (κ1) is 27.1. The van der Waals surface area contributed by atoms with Crippen molar-refractivity contribution in [2.24, 2.45) is 5.92 Å². The fourth-order valence-electron chi connectivity index (χ4n) is 5.88. The molecule has 2 heterocycles. The van der Waals surface area contributed by atoms with E-state index in [1.165, 1.54) is 29.4 Å². The number of nitrogens with zero attached hydrogens (tertiary/aromatic N) is 3. The van der Waals surface area contributed by atoms with Crippen molar-refractivity contribution in [3.05, 3.63) is 90.1 Å². The molecule has 41 heavy (non-hydrogen) atoms. The highest BCUT2D eigenvalue weighted by atomic mass is 16.5. The molecular formula is C34H40N6O. The van der Waals surface area contributed by atoms with E-state index in [0.717, 1.165) is 66.3 Å². The van der Waals surface area contributed by atoms with Crippen molar-refractivity contribution in [2.75, 3.05) is 37.4 Å². The van der Waals surface area contributed by atoms with E-state index in [9.17, 15) is 0 Å². The minimum absolute atomic E-state index is 0.423. The number of H-pyrrole nitrogens is 1. The summed E-state index contributed by atoms with van der Waals surface area (Å²) in [5, 5.41) is 9.69. The van der Waals surface area contributed by atoms with Crippen molar-refractivity contribution in [3.8, 4) is 5.75 Å². The number of ether oxygens (including phenoxy) is 1. The number of para-hydroxylation sites is 1. The maximum atomic E-state index is 6.07. The summed E-state index contributed by atoms with van der Waals surface area (Å²) in [6, 6.07) is 25.3. The van der Waals surface area contributed by atoms with E-state index < -0.39 is 0 Å². The van der Waals surface area contributed by atoms with Gasteiger partial charge in [0.25, 0.3) is 0 Å². The van der Waals surface area contributed by atoms with Crippen LogP contribution in [0.15, 0.2) is 79.0 Å². The SMILES string of the molecule is CN(C)c1nc(N[C@H]2CC[C@@H](CNCCc3c[nH]c4ccc(OCc5ccccc5)cc34)CC2)nc2ccccc12. The van der Waals surface area contributed by atoms with Gasteiger partial charge in [-0.15, -0.1) is 0 Å². The molecule has 0 atom stereocenters. The Bertz CT molecular complexity index is 1570. The Hall–Kier alpha value is -4.10. The van der Waals surface area contributed by atoms with Gasteiger partial charge in [0, 0.05) is 42.6 Å². The van der Waals surface area contributed by atoms with Gasteiger partial charge in [-0.3, -0.25) is 0 Å². The van der Waals surface area contributed by atoms with Gasteiger partial charge in [0.05, 0.1) is 5.52 Å². The fraction of sp³-hybridized carbons (Fsp3) is 0.353. The Kier molecular flexibility index (Phi) is 8.33. The average molecular weight is 549 g/mol. The van der Waals surface area contributed by atoms with E-state index in [1.807, 2.05) is 50.5 Å². The standard InChI is InChI=1S/C34H40N6O/c1-40(2)33-29-10-6-7-11-32(29)38-34(39-33)37-27-14-12-24(13-15-27)21-35-19-18-26-22-36-31-17-16-28(20-30(26)31)41-23-25-8-4-3-5-9-25/h3-11,16-17,20,22,24,27,35-36H,12-15,18-19,21,23H2,1-2H3,(H,37,38,39)/t24-,27+. The summed E-state index contributed by atoms with van der Waals surface area (Å²) >= 11 is 0. The van der Waals surface area contributed by atoms with Gasteiger partial charge in [0.2, 0.25) is 5.95 Å². The number of rotatable bonds is 11. The van der Waals surface area contributed by atoms with Crippen LogP contribution in [-0.4, -0.2) is 48.2 Å². The van der Waals surface area contributed by atoms with Gasteiger partial charge in [0.15, 0.2) is 0 Å². The average Bonchev–Trinajstić information content (AvgIpc) is 3.41. The molecule has 0 spiro atoms. The van der Waals surface area contributed by atoms with Crippen LogP contribution in [0, 0.1) is 5.92 Å². The molecule has 7 heteroatoms. The van der Waals surface area contributed by atoms with Gasteiger partial charge in [-0.1, -0.05) is 42.5 Å². The topological polar surface area (TPSA) is 78.1 Å². The largest absolute Gasteiger partial charge is 0.489 e. The predicted octanol–water partition coefficient (Wildman–Crippen LogP) is 6.56. The zero-order chi connectivity index (χ0) is 28.0. The van der Waals surface area contributed by atoms with E-state index in [-0.39, 0.29) is 0 Å². The van der Waals surface area contributed by atoms with E-state index in [1.54, 1.807) is 0 Å². The molecule has 7 nitrogen and oxygen atoms in total. The molecule has 0 aliphatic heterocycles. The van der Waals surface area contributed by atoms with Crippen LogP contribution in [0.1, 0.15) is 36.8 Å². The van der Waals surface area contributed by atoms with Crippen LogP contribution in [0.4, 0.5) is 11.8 Å². The highest BCUT2D eigenvalue weighted by Gasteiger charge is 2.22. The van der Waals surface area contributed by atoms with E-state index >= 15 is 0 Å². The normalized spacial score (nSPS) is 17.1. The van der Waals surface area contributed by atoms with Crippen LogP contribution in [0.25, 0.3) is 21.8 Å². The first-order valence-corrected chi connectivity index (χ1v) is 14.8. The highest BCUT2D eigenvalue weighted by Crippen LogP contribution is 2.29. The maximum Gasteiger partial charge on any atom is 0.225 e. The summed E-state index contributed by atoms with van der Waals surface area (Å²) in [5.41, 5.74) is 4.65. The van der Waals surface area contributed by atoms with Crippen molar-refractivity contribution in [1.82, 2.24) is 20.3 Å². The second-order valence-electron chi connectivity index (χ2n) is 11.4. The van der Waals surface area contributed by atoms with Gasteiger partial charge < -0.3 is 25.3 Å². The first-order valence-electron chi connectivity index (χ1n) is 14.8. The number of fused-ring (bicyclic) bond motifs is 2. The highest BCUT2D eigenvalue weighted by molar-refractivity contribution is 5.90. The second-order valence-corrected chi connectivity index (χ2v) is 11.4. The molecule has 3 aromatic carbocycles. The second kappa shape index (κ2) is 12.6. The third-order valence-electron chi connectivity index (χ3n) is 8.18. The molecule has 0 radical (unpaired) electrons. The van der Waals surface area contributed by atoms with Crippen LogP contribution in [0.3, 0.4) is 0 Å². The molecule has 5 aromatic rings. The number of nitrogens with one attached hydrogen (secondary N) is 3. The lowest BCUT2D eigenvalue weighted by Gasteiger charge is -2.29. The van der Waals surface area contributed by atoms with Crippen LogP contribution < -0.4 is 20.3 Å². The summed E-state index contributed by atoms with van der Waals surface area (Å²) in [5.74, 6) is 3.32. The first-order chi connectivity index (χ1) is 20.1. The molecule has 0 amide bonds. The Morgan fingerprint density at radius 1 is 0.902 bits per heavy atom. The van der Waals surface area contributed by atoms with Crippen molar-refractivity contribution in [3.63, 3.8) is 0 Å². The minimum Gasteiger partial charge on any atom is -0.489 e. The van der Waals surface area contributed by atoms with Gasteiger partial charge in [-0.05, 0) is 92.6 Å². The molecule has 0 unspecified atom stereocenters. The molecule has 1 aliphatic carbocycles. The zero-order valence-corrected chi connectivity index (χ0v) is 24.1. The summed E-state index contributed by atoms with van der Waals surface area (Å²) in [6.45, 7) is 2.62. The van der Waals surface area contributed by atoms with Gasteiger partial charge >= 0.3 is 0 Å². The third-order valence-corrected chi connectivity index (χ3v) is 8.18. The minimum atomic E-state index is 0.423. The molecule has 6 rings (SSSR count). The predicted molar refractivity (Wildman–Crippen MR) is 169 cm³/mol. The van der Waals surface area contributed by atoms with Crippen molar-refractivity contribution < 1.29 is 4.74 Å². The lowest BCUT2D eigenvalue weighted by molar-refractivity contribution is 0.306. The van der Waals surface area contributed by atoms with Gasteiger partial charge in [-0.25, -0.2) is 4.98 Å². The van der Waals surface area contributed by atoms with Crippen LogP contribution in [0.2, 0.25) is 0 Å². The molecule has 1 aliphatic rings. The fourth-order valence-corrected chi connectivity index (χ4v) is 5.88. The van der Waals surface area contributed by atoms with Crippen molar-refractivity contribution in [2.45, 2.75) is 44.8 Å². The van der Waals surface area contributed by atoms with E-state index in [4.69, 9.17) is 14.7 Å². The summed E-state index contributed by atoms with van der Waals surface area (Å²) in [7, 11) is 4.07. The molecule has 212 valence electrons. The van der Waals surface area contributed by atoms with Crippen molar-refractivity contribution in [1.29, 1.82) is 0 Å². The van der Waals surface area contributed by atoms with Crippen LogP contribution >= 0.6 is 0 Å². The Morgan fingerprint density at radius 2 is 1.71 bits per heavy atom. The maximum absolute atomic E-state index is 6.07. The van der Waals surface area contributed by atoms with Crippen LogP contribution in [0.5, 0.6) is 5.75 Å². The summed E-state index contributed by atoms with van der Waals surface area (Å²) < 4.78 is 6.07. The molecular weight excluding hydrogens is 508 g/mol. The molecule has 0 bridgehead atoms. The summed E-state index contributed by atoms with van der Waals surface area (Å²) in [4.78, 5) is 15.1. The smallest absolute Gasteiger partial charge is 0.225 e.